The fourth-order valence-corrected chi connectivity index (χ4v) is 1.00. The Bertz CT molecular complexity index is 149. The third-order valence-electron chi connectivity index (χ3n) is 1.55. The molecule has 0 aromatic heterocycles. The van der Waals surface area contributed by atoms with Crippen LogP contribution in [0, 0.1) is 0 Å². The smallest absolute Gasteiger partial charge is 0.175 e. The molecule has 0 bridgehead atoms. The summed E-state index contributed by atoms with van der Waals surface area (Å²) in [4.78, 5) is 0. The lowest BCUT2D eigenvalue weighted by Gasteiger charge is -2.16. The normalized spacial score (nSPS) is 32.6. The number of hydrogen-bond donors (Lipinski definition) is 3. The SMILES string of the molecule is CNC[C@@H](O)C1C=C[C@@H](O)O1. The Hall–Kier alpha value is -0.420. The van der Waals surface area contributed by atoms with Crippen LogP contribution in [0.5, 0.6) is 0 Å². The minimum atomic E-state index is -0.855. The zero-order chi connectivity index (χ0) is 8.27. The Labute approximate surface area is 65.5 Å². The highest BCUT2D eigenvalue weighted by atomic mass is 16.6. The van der Waals surface area contributed by atoms with Crippen molar-refractivity contribution >= 4 is 0 Å². The van der Waals surface area contributed by atoms with E-state index in [2.05, 4.69) is 5.32 Å². The molecule has 0 aromatic rings. The molecular formula is C7H13NO3. The number of rotatable bonds is 3. The van der Waals surface area contributed by atoms with Gasteiger partial charge in [0, 0.05) is 6.54 Å². The van der Waals surface area contributed by atoms with Crippen LogP contribution in [-0.4, -0.2) is 42.3 Å². The van der Waals surface area contributed by atoms with Gasteiger partial charge in [-0.1, -0.05) is 6.08 Å². The molecule has 64 valence electrons. The van der Waals surface area contributed by atoms with E-state index in [0.717, 1.165) is 0 Å². The number of likely N-dealkylation sites (N-methyl/N-ethyl adjacent to an activating group) is 1. The molecule has 0 saturated heterocycles. The minimum absolute atomic E-state index is 0.377. The van der Waals surface area contributed by atoms with Gasteiger partial charge in [0.15, 0.2) is 6.29 Å². The quantitative estimate of drug-likeness (QED) is 0.455. The van der Waals surface area contributed by atoms with E-state index in [4.69, 9.17) is 9.84 Å². The summed E-state index contributed by atoms with van der Waals surface area (Å²) in [7, 11) is 1.75. The van der Waals surface area contributed by atoms with Gasteiger partial charge in [0.05, 0.1) is 6.10 Å². The Kier molecular flexibility index (Phi) is 3.02. The number of aliphatic hydroxyl groups is 2. The fraction of sp³-hybridized carbons (Fsp3) is 0.714. The molecule has 0 spiro atoms. The first-order valence-electron chi connectivity index (χ1n) is 3.58. The van der Waals surface area contributed by atoms with Crippen molar-refractivity contribution < 1.29 is 14.9 Å². The second-order valence-electron chi connectivity index (χ2n) is 2.50. The molecule has 4 heteroatoms. The average molecular weight is 159 g/mol. The van der Waals surface area contributed by atoms with Gasteiger partial charge in [-0.15, -0.1) is 0 Å². The molecule has 0 aliphatic carbocycles. The molecule has 0 fully saturated rings. The molecule has 0 amide bonds. The number of aliphatic hydroxyl groups excluding tert-OH is 2. The maximum Gasteiger partial charge on any atom is 0.175 e. The first-order valence-corrected chi connectivity index (χ1v) is 3.58. The van der Waals surface area contributed by atoms with E-state index >= 15 is 0 Å². The van der Waals surface area contributed by atoms with E-state index in [-0.39, 0.29) is 6.10 Å². The predicted molar refractivity (Wildman–Crippen MR) is 40.0 cm³/mol. The van der Waals surface area contributed by atoms with Crippen LogP contribution in [0.25, 0.3) is 0 Å². The third-order valence-corrected chi connectivity index (χ3v) is 1.55. The van der Waals surface area contributed by atoms with Crippen LogP contribution in [0.4, 0.5) is 0 Å². The highest BCUT2D eigenvalue weighted by Crippen LogP contribution is 2.11. The molecule has 1 aliphatic rings. The number of nitrogens with one attached hydrogen (secondary N) is 1. The topological polar surface area (TPSA) is 61.7 Å². The maximum absolute atomic E-state index is 9.32. The van der Waals surface area contributed by atoms with Gasteiger partial charge in [0.25, 0.3) is 0 Å². The molecule has 1 aliphatic heterocycles. The minimum Gasteiger partial charge on any atom is -0.389 e. The molecule has 0 saturated carbocycles. The van der Waals surface area contributed by atoms with Crippen molar-refractivity contribution in [2.75, 3.05) is 13.6 Å². The summed E-state index contributed by atoms with van der Waals surface area (Å²) in [5.74, 6) is 0. The zero-order valence-corrected chi connectivity index (χ0v) is 6.40. The van der Waals surface area contributed by atoms with Crippen LogP contribution in [0.2, 0.25) is 0 Å². The Morgan fingerprint density at radius 2 is 2.36 bits per heavy atom. The summed E-state index contributed by atoms with van der Waals surface area (Å²) < 4.78 is 4.93. The van der Waals surface area contributed by atoms with E-state index in [1.807, 2.05) is 0 Å². The van der Waals surface area contributed by atoms with Gasteiger partial charge >= 0.3 is 0 Å². The second kappa shape index (κ2) is 3.82. The molecule has 1 unspecified atom stereocenters. The monoisotopic (exact) mass is 159 g/mol. The molecule has 1 rings (SSSR count). The van der Waals surface area contributed by atoms with Gasteiger partial charge in [-0.25, -0.2) is 0 Å². The molecule has 1 heterocycles. The molecule has 4 nitrogen and oxygen atoms in total. The first kappa shape index (κ1) is 8.67. The summed E-state index contributed by atoms with van der Waals surface area (Å²) in [5.41, 5.74) is 0. The van der Waals surface area contributed by atoms with Crippen molar-refractivity contribution in [3.8, 4) is 0 Å². The molecule has 3 N–H and O–H groups in total. The van der Waals surface area contributed by atoms with E-state index in [9.17, 15) is 5.11 Å². The number of hydrogen-bond acceptors (Lipinski definition) is 4. The van der Waals surface area contributed by atoms with E-state index < -0.39 is 12.4 Å². The van der Waals surface area contributed by atoms with Crippen LogP contribution >= 0.6 is 0 Å². The van der Waals surface area contributed by atoms with E-state index in [1.54, 1.807) is 13.1 Å². The van der Waals surface area contributed by atoms with Gasteiger partial charge < -0.3 is 20.3 Å². The summed E-state index contributed by atoms with van der Waals surface area (Å²) in [6.07, 6.45) is 1.35. The summed E-state index contributed by atoms with van der Waals surface area (Å²) in [5, 5.41) is 21.0. The average Bonchev–Trinajstić information content (AvgIpc) is 2.36. The highest BCUT2D eigenvalue weighted by molar-refractivity contribution is 5.01. The summed E-state index contributed by atoms with van der Waals surface area (Å²) >= 11 is 0. The third kappa shape index (κ3) is 2.27. The standard InChI is InChI=1S/C7H13NO3/c1-8-4-5(9)6-2-3-7(10)11-6/h2-3,5-10H,4H2,1H3/t5-,6?,7+/m1/s1. The van der Waals surface area contributed by atoms with Gasteiger partial charge in [-0.05, 0) is 13.1 Å². The molecule has 11 heavy (non-hydrogen) atoms. The van der Waals surface area contributed by atoms with Crippen molar-refractivity contribution in [3.05, 3.63) is 12.2 Å². The predicted octanol–water partition coefficient (Wildman–Crippen LogP) is -1.16. The van der Waals surface area contributed by atoms with Gasteiger partial charge in [0.2, 0.25) is 0 Å². The molecule has 3 atom stereocenters. The van der Waals surface area contributed by atoms with E-state index in [0.29, 0.717) is 6.54 Å². The maximum atomic E-state index is 9.32. The first-order chi connectivity index (χ1) is 5.24. The molecular weight excluding hydrogens is 146 g/mol. The Balaban J connectivity index is 2.32. The lowest BCUT2D eigenvalue weighted by atomic mass is 10.2. The van der Waals surface area contributed by atoms with Crippen LogP contribution in [0.1, 0.15) is 0 Å². The van der Waals surface area contributed by atoms with Gasteiger partial charge in [0.1, 0.15) is 6.10 Å². The fourth-order valence-electron chi connectivity index (χ4n) is 1.00. The summed E-state index contributed by atoms with van der Waals surface area (Å²) in [6.45, 7) is 0.460. The van der Waals surface area contributed by atoms with Crippen molar-refractivity contribution in [2.45, 2.75) is 18.5 Å². The highest BCUT2D eigenvalue weighted by Gasteiger charge is 2.23. The summed E-state index contributed by atoms with van der Waals surface area (Å²) in [6, 6.07) is 0. The second-order valence-corrected chi connectivity index (χ2v) is 2.50. The molecule has 0 radical (unpaired) electrons. The Morgan fingerprint density at radius 1 is 1.64 bits per heavy atom. The van der Waals surface area contributed by atoms with Crippen molar-refractivity contribution in [1.82, 2.24) is 5.32 Å². The van der Waals surface area contributed by atoms with Crippen LogP contribution in [0.15, 0.2) is 12.2 Å². The van der Waals surface area contributed by atoms with Crippen LogP contribution < -0.4 is 5.32 Å². The lowest BCUT2D eigenvalue weighted by Crippen LogP contribution is -2.34. The van der Waals surface area contributed by atoms with Crippen molar-refractivity contribution in [1.29, 1.82) is 0 Å². The van der Waals surface area contributed by atoms with Crippen molar-refractivity contribution in [2.24, 2.45) is 0 Å². The lowest BCUT2D eigenvalue weighted by molar-refractivity contribution is -0.106. The zero-order valence-electron chi connectivity index (χ0n) is 6.40. The van der Waals surface area contributed by atoms with Crippen molar-refractivity contribution in [3.63, 3.8) is 0 Å². The van der Waals surface area contributed by atoms with Gasteiger partial charge in [-0.2, -0.15) is 0 Å². The largest absolute Gasteiger partial charge is 0.389 e. The van der Waals surface area contributed by atoms with E-state index in [1.165, 1.54) is 6.08 Å². The van der Waals surface area contributed by atoms with Crippen LogP contribution in [0.3, 0.4) is 0 Å². The van der Waals surface area contributed by atoms with Crippen LogP contribution in [-0.2, 0) is 4.74 Å². The number of ether oxygens (including phenoxy) is 1. The Morgan fingerprint density at radius 3 is 2.82 bits per heavy atom. The van der Waals surface area contributed by atoms with Gasteiger partial charge in [-0.3, -0.25) is 0 Å². The molecule has 0 aromatic carbocycles.